The Hall–Kier alpha value is -4.46. The zero-order chi connectivity index (χ0) is 29.7. The van der Waals surface area contributed by atoms with Crippen LogP contribution in [0.5, 0.6) is 0 Å². The van der Waals surface area contributed by atoms with Gasteiger partial charge < -0.3 is 20.8 Å². The molecule has 0 fully saturated rings. The molecule has 0 radical (unpaired) electrons. The Balaban J connectivity index is 1.55. The lowest BCUT2D eigenvalue weighted by Gasteiger charge is -2.30. The summed E-state index contributed by atoms with van der Waals surface area (Å²) in [5, 5.41) is 29.5. The topological polar surface area (TPSA) is 98.7 Å². The summed E-state index contributed by atoms with van der Waals surface area (Å²) in [6.45, 7) is 0. The molecule has 4 N–H and O–H groups in total. The van der Waals surface area contributed by atoms with Crippen LogP contribution in [0.3, 0.4) is 0 Å². The number of halogens is 2. The number of benzene rings is 5. The lowest BCUT2D eigenvalue weighted by molar-refractivity contribution is -0.131. The van der Waals surface area contributed by atoms with E-state index >= 15 is 0 Å². The van der Waals surface area contributed by atoms with Gasteiger partial charge >= 0.3 is 0 Å². The summed E-state index contributed by atoms with van der Waals surface area (Å²) in [5.41, 5.74) is -2.71. The standard InChI is InChI=1S/C34H26Cl2N2O4/c35-27-21-29(37-31(39)33(41,23-13-5-1-6-14-23)24-15-7-2-8-16-24)30(22-28(27)36)38-32(40)34(42,25-17-9-3-10-18-25)26-19-11-4-12-20-26/h1-22,41-42H,(H,37,39)(H,38,40). The molecule has 5 rings (SSSR count). The highest BCUT2D eigenvalue weighted by Gasteiger charge is 2.42. The van der Waals surface area contributed by atoms with E-state index in [1.54, 1.807) is 121 Å². The van der Waals surface area contributed by atoms with Crippen molar-refractivity contribution in [3.63, 3.8) is 0 Å². The van der Waals surface area contributed by atoms with Crippen LogP contribution in [0.15, 0.2) is 133 Å². The largest absolute Gasteiger partial charge is 0.372 e. The molecule has 0 heterocycles. The van der Waals surface area contributed by atoms with E-state index in [9.17, 15) is 19.8 Å². The second-order valence-electron chi connectivity index (χ2n) is 9.61. The molecule has 0 aliphatic carbocycles. The van der Waals surface area contributed by atoms with Gasteiger partial charge in [0.2, 0.25) is 0 Å². The quantitative estimate of drug-likeness (QED) is 0.159. The molecule has 8 heteroatoms. The summed E-state index contributed by atoms with van der Waals surface area (Å²) in [5.74, 6) is -1.59. The minimum absolute atomic E-state index is 0.0662. The van der Waals surface area contributed by atoms with Crippen molar-refractivity contribution in [1.29, 1.82) is 0 Å². The average molecular weight is 597 g/mol. The van der Waals surface area contributed by atoms with Crippen LogP contribution in [0.2, 0.25) is 10.0 Å². The Morgan fingerprint density at radius 2 is 0.714 bits per heavy atom. The number of carbonyl (C=O) groups excluding carboxylic acids is 2. The number of rotatable bonds is 8. The molecule has 0 bridgehead atoms. The van der Waals surface area contributed by atoms with E-state index in [1.165, 1.54) is 12.1 Å². The van der Waals surface area contributed by atoms with Crippen molar-refractivity contribution in [1.82, 2.24) is 0 Å². The molecule has 5 aromatic rings. The van der Waals surface area contributed by atoms with Crippen molar-refractivity contribution in [2.75, 3.05) is 10.6 Å². The SMILES string of the molecule is O=C(Nc1cc(Cl)c(Cl)cc1NC(=O)C(O)(c1ccccc1)c1ccccc1)C(O)(c1ccccc1)c1ccccc1. The molecular formula is C34H26Cl2N2O4. The number of hydrogen-bond donors (Lipinski definition) is 4. The number of carbonyl (C=O) groups is 2. The Morgan fingerprint density at radius 3 is 0.952 bits per heavy atom. The fourth-order valence-electron chi connectivity index (χ4n) is 4.75. The molecule has 0 saturated heterocycles. The molecule has 0 aliphatic rings. The van der Waals surface area contributed by atoms with Crippen LogP contribution in [0, 0.1) is 0 Å². The minimum atomic E-state index is -2.09. The van der Waals surface area contributed by atoms with Crippen LogP contribution in [-0.4, -0.2) is 22.0 Å². The molecule has 2 amide bonds. The van der Waals surface area contributed by atoms with Crippen LogP contribution in [0.25, 0.3) is 0 Å². The molecule has 0 spiro atoms. The average Bonchev–Trinajstić information content (AvgIpc) is 3.04. The summed E-state index contributed by atoms with van der Waals surface area (Å²) >= 11 is 12.7. The smallest absolute Gasteiger partial charge is 0.265 e. The van der Waals surface area contributed by atoms with Gasteiger partial charge in [-0.2, -0.15) is 0 Å². The third kappa shape index (κ3) is 5.53. The van der Waals surface area contributed by atoms with Crippen molar-refractivity contribution in [3.05, 3.63) is 166 Å². The lowest BCUT2D eigenvalue weighted by atomic mass is 9.85. The first kappa shape index (κ1) is 29.0. The fraction of sp³-hybridized carbons (Fsp3) is 0.0588. The van der Waals surface area contributed by atoms with Crippen molar-refractivity contribution in [3.8, 4) is 0 Å². The monoisotopic (exact) mass is 596 g/mol. The molecule has 0 unspecified atom stereocenters. The summed E-state index contributed by atoms with van der Waals surface area (Å²) in [4.78, 5) is 27.8. The molecule has 0 aliphatic heterocycles. The van der Waals surface area contributed by atoms with Crippen molar-refractivity contribution in [2.24, 2.45) is 0 Å². The summed E-state index contributed by atoms with van der Waals surface area (Å²) in [6, 6.07) is 36.7. The molecule has 42 heavy (non-hydrogen) atoms. The van der Waals surface area contributed by atoms with Crippen LogP contribution in [-0.2, 0) is 20.8 Å². The molecule has 0 saturated carbocycles. The van der Waals surface area contributed by atoms with Gasteiger partial charge in [0.1, 0.15) is 0 Å². The normalized spacial score (nSPS) is 11.5. The van der Waals surface area contributed by atoms with E-state index in [4.69, 9.17) is 23.2 Å². The van der Waals surface area contributed by atoms with E-state index in [0.29, 0.717) is 22.3 Å². The van der Waals surface area contributed by atoms with E-state index in [0.717, 1.165) is 0 Å². The van der Waals surface area contributed by atoms with Gasteiger partial charge in [-0.15, -0.1) is 0 Å². The van der Waals surface area contributed by atoms with Gasteiger partial charge in [0.25, 0.3) is 11.8 Å². The predicted molar refractivity (Wildman–Crippen MR) is 165 cm³/mol. The molecule has 5 aromatic carbocycles. The number of anilines is 2. The van der Waals surface area contributed by atoms with Crippen molar-refractivity contribution >= 4 is 46.4 Å². The molecule has 210 valence electrons. The van der Waals surface area contributed by atoms with Crippen molar-refractivity contribution < 1.29 is 19.8 Å². The van der Waals surface area contributed by atoms with Gasteiger partial charge in [-0.25, -0.2) is 0 Å². The fourth-order valence-corrected chi connectivity index (χ4v) is 5.08. The Morgan fingerprint density at radius 1 is 0.476 bits per heavy atom. The highest BCUT2D eigenvalue weighted by Crippen LogP contribution is 2.38. The lowest BCUT2D eigenvalue weighted by Crippen LogP contribution is -2.42. The van der Waals surface area contributed by atoms with Gasteiger partial charge in [-0.3, -0.25) is 9.59 Å². The third-order valence-electron chi connectivity index (χ3n) is 6.98. The first-order valence-electron chi connectivity index (χ1n) is 13.0. The summed E-state index contributed by atoms with van der Waals surface area (Å²) < 4.78 is 0. The van der Waals surface area contributed by atoms with E-state index in [1.807, 2.05) is 0 Å². The highest BCUT2D eigenvalue weighted by atomic mass is 35.5. The second kappa shape index (κ2) is 12.2. The van der Waals surface area contributed by atoms with Gasteiger partial charge in [-0.05, 0) is 34.4 Å². The number of aliphatic hydroxyl groups is 2. The second-order valence-corrected chi connectivity index (χ2v) is 10.4. The Bertz CT molecular complexity index is 1490. The maximum atomic E-state index is 13.9. The molecular weight excluding hydrogens is 571 g/mol. The van der Waals surface area contributed by atoms with Gasteiger partial charge in [0, 0.05) is 0 Å². The zero-order valence-corrected chi connectivity index (χ0v) is 23.7. The van der Waals surface area contributed by atoms with Crippen LogP contribution in [0.1, 0.15) is 22.3 Å². The minimum Gasteiger partial charge on any atom is -0.372 e. The molecule has 6 nitrogen and oxygen atoms in total. The van der Waals surface area contributed by atoms with Crippen molar-refractivity contribution in [2.45, 2.75) is 11.2 Å². The predicted octanol–water partition coefficient (Wildman–Crippen LogP) is 6.74. The van der Waals surface area contributed by atoms with Crippen LogP contribution >= 0.6 is 23.2 Å². The van der Waals surface area contributed by atoms with Gasteiger partial charge in [0.05, 0.1) is 21.4 Å². The van der Waals surface area contributed by atoms with Gasteiger partial charge in [0.15, 0.2) is 11.2 Å². The number of hydrogen-bond acceptors (Lipinski definition) is 4. The van der Waals surface area contributed by atoms with E-state index in [-0.39, 0.29) is 21.4 Å². The van der Waals surface area contributed by atoms with Gasteiger partial charge in [-0.1, -0.05) is 145 Å². The first-order valence-corrected chi connectivity index (χ1v) is 13.8. The number of nitrogens with one attached hydrogen (secondary N) is 2. The summed E-state index contributed by atoms with van der Waals surface area (Å²) in [6.07, 6.45) is 0. The first-order chi connectivity index (χ1) is 20.2. The Kier molecular flexibility index (Phi) is 8.43. The molecule has 0 aromatic heterocycles. The maximum Gasteiger partial charge on any atom is 0.265 e. The highest BCUT2D eigenvalue weighted by molar-refractivity contribution is 6.42. The maximum absolute atomic E-state index is 13.9. The molecule has 0 atom stereocenters. The zero-order valence-electron chi connectivity index (χ0n) is 22.2. The third-order valence-corrected chi connectivity index (χ3v) is 7.70. The van der Waals surface area contributed by atoms with E-state index < -0.39 is 23.0 Å². The van der Waals surface area contributed by atoms with E-state index in [2.05, 4.69) is 10.6 Å². The Labute approximate surface area is 253 Å². The summed E-state index contributed by atoms with van der Waals surface area (Å²) in [7, 11) is 0. The van der Waals surface area contributed by atoms with Crippen LogP contribution in [0.4, 0.5) is 11.4 Å². The number of amides is 2. The van der Waals surface area contributed by atoms with Crippen LogP contribution < -0.4 is 10.6 Å².